The molecule has 1 fully saturated rings. The third-order valence-corrected chi connectivity index (χ3v) is 5.79. The van der Waals surface area contributed by atoms with Crippen LogP contribution in [0.1, 0.15) is 10.4 Å². The molecule has 2 aromatic rings. The Balaban J connectivity index is 1.47. The van der Waals surface area contributed by atoms with Gasteiger partial charge in [0.05, 0.1) is 11.5 Å². The fraction of sp³-hybridized carbons (Fsp3) is 0.353. The van der Waals surface area contributed by atoms with Gasteiger partial charge in [0.1, 0.15) is 0 Å². The van der Waals surface area contributed by atoms with Crippen LogP contribution in [-0.2, 0) is 9.84 Å². The van der Waals surface area contributed by atoms with E-state index in [2.05, 4.69) is 10.2 Å². The molecule has 0 radical (unpaired) electrons. The van der Waals surface area contributed by atoms with Gasteiger partial charge in [0, 0.05) is 49.8 Å². The number of sulfone groups is 1. The van der Waals surface area contributed by atoms with E-state index >= 15 is 0 Å². The highest BCUT2D eigenvalue weighted by Gasteiger charge is 2.21. The van der Waals surface area contributed by atoms with Gasteiger partial charge in [-0.3, -0.25) is 9.69 Å². The van der Waals surface area contributed by atoms with Gasteiger partial charge in [-0.1, -0.05) is 0 Å². The Hall–Kier alpha value is -2.12. The van der Waals surface area contributed by atoms with Crippen molar-refractivity contribution in [3.63, 3.8) is 0 Å². The molecule has 0 atom stereocenters. The van der Waals surface area contributed by atoms with Crippen LogP contribution in [0.2, 0.25) is 0 Å². The van der Waals surface area contributed by atoms with Crippen LogP contribution < -0.4 is 5.32 Å². The van der Waals surface area contributed by atoms with Crippen molar-refractivity contribution in [1.29, 1.82) is 0 Å². The first kappa shape index (κ1) is 16.7. The van der Waals surface area contributed by atoms with Gasteiger partial charge in [-0.2, -0.15) is 0 Å². The van der Waals surface area contributed by atoms with E-state index in [1.54, 1.807) is 12.1 Å². The Morgan fingerprint density at radius 1 is 1.04 bits per heavy atom. The molecule has 1 amide bonds. The molecule has 0 bridgehead atoms. The van der Waals surface area contributed by atoms with Gasteiger partial charge < -0.3 is 9.88 Å². The summed E-state index contributed by atoms with van der Waals surface area (Å²) in [5.74, 6) is 0.308. The van der Waals surface area contributed by atoms with Crippen molar-refractivity contribution in [1.82, 2.24) is 14.8 Å². The minimum atomic E-state index is -2.85. The van der Waals surface area contributed by atoms with Crippen molar-refractivity contribution < 1.29 is 13.2 Å². The van der Waals surface area contributed by atoms with E-state index in [-0.39, 0.29) is 17.4 Å². The fourth-order valence-corrected chi connectivity index (χ4v) is 3.97. The largest absolute Gasteiger partial charge is 0.351 e. The Morgan fingerprint density at radius 2 is 1.67 bits per heavy atom. The number of nitrogens with zero attached hydrogens (tertiary/aromatic N) is 2. The van der Waals surface area contributed by atoms with E-state index in [4.69, 9.17) is 0 Å². The molecule has 1 saturated heterocycles. The van der Waals surface area contributed by atoms with Gasteiger partial charge >= 0.3 is 0 Å². The average molecular weight is 347 g/mol. The molecule has 0 spiro atoms. The number of hydrogen-bond acceptors (Lipinski definition) is 4. The SMILES string of the molecule is O=C(NCCN1CCS(=O)(=O)CC1)c1ccc(-n2cccc2)cc1. The number of nitrogens with one attached hydrogen (secondary N) is 1. The fourth-order valence-electron chi connectivity index (χ4n) is 2.70. The summed E-state index contributed by atoms with van der Waals surface area (Å²) >= 11 is 0. The van der Waals surface area contributed by atoms with Crippen molar-refractivity contribution in [2.24, 2.45) is 0 Å². The summed E-state index contributed by atoms with van der Waals surface area (Å²) in [5.41, 5.74) is 1.62. The molecule has 0 aliphatic carbocycles. The predicted molar refractivity (Wildman–Crippen MR) is 93.2 cm³/mol. The maximum Gasteiger partial charge on any atom is 0.251 e. The molecule has 1 aromatic carbocycles. The van der Waals surface area contributed by atoms with Crippen LogP contribution >= 0.6 is 0 Å². The van der Waals surface area contributed by atoms with Gasteiger partial charge in [0.2, 0.25) is 0 Å². The lowest BCUT2D eigenvalue weighted by molar-refractivity contribution is 0.0948. The van der Waals surface area contributed by atoms with E-state index in [1.807, 2.05) is 41.2 Å². The van der Waals surface area contributed by atoms with Crippen LogP contribution in [0, 0.1) is 0 Å². The number of carbonyl (C=O) groups is 1. The first-order chi connectivity index (χ1) is 11.5. The van der Waals surface area contributed by atoms with Crippen LogP contribution in [0.5, 0.6) is 0 Å². The summed E-state index contributed by atoms with van der Waals surface area (Å²) < 4.78 is 24.7. The highest BCUT2D eigenvalue weighted by Crippen LogP contribution is 2.10. The third kappa shape index (κ3) is 4.24. The monoisotopic (exact) mass is 347 g/mol. The molecule has 1 aliphatic rings. The summed E-state index contributed by atoms with van der Waals surface area (Å²) in [6.07, 6.45) is 3.90. The summed E-state index contributed by atoms with van der Waals surface area (Å²) in [4.78, 5) is 14.2. The number of benzene rings is 1. The van der Waals surface area contributed by atoms with Crippen LogP contribution in [0.25, 0.3) is 5.69 Å². The van der Waals surface area contributed by atoms with Crippen LogP contribution in [-0.4, -0.2) is 61.5 Å². The first-order valence-corrected chi connectivity index (χ1v) is 9.80. The van der Waals surface area contributed by atoms with E-state index < -0.39 is 9.84 Å². The van der Waals surface area contributed by atoms with Gasteiger partial charge in [-0.25, -0.2) is 8.42 Å². The van der Waals surface area contributed by atoms with Crippen molar-refractivity contribution in [2.75, 3.05) is 37.7 Å². The first-order valence-electron chi connectivity index (χ1n) is 7.98. The third-order valence-electron chi connectivity index (χ3n) is 4.18. The summed E-state index contributed by atoms with van der Waals surface area (Å²) in [7, 11) is -2.85. The molecule has 1 aromatic heterocycles. The number of carbonyl (C=O) groups excluding carboxylic acids is 1. The maximum absolute atomic E-state index is 12.2. The maximum atomic E-state index is 12.2. The van der Waals surface area contributed by atoms with Gasteiger partial charge in [0.15, 0.2) is 9.84 Å². The van der Waals surface area contributed by atoms with Crippen LogP contribution in [0.3, 0.4) is 0 Å². The van der Waals surface area contributed by atoms with Crippen LogP contribution in [0.15, 0.2) is 48.8 Å². The molecule has 7 heteroatoms. The topological polar surface area (TPSA) is 71.4 Å². The quantitative estimate of drug-likeness (QED) is 0.874. The molecular weight excluding hydrogens is 326 g/mol. The molecule has 24 heavy (non-hydrogen) atoms. The second kappa shape index (κ2) is 7.19. The zero-order chi connectivity index (χ0) is 17.0. The summed E-state index contributed by atoms with van der Waals surface area (Å²) in [6.45, 7) is 2.27. The lowest BCUT2D eigenvalue weighted by atomic mass is 10.2. The Bertz CT molecular complexity index is 769. The highest BCUT2D eigenvalue weighted by molar-refractivity contribution is 7.91. The van der Waals surface area contributed by atoms with Crippen LogP contribution in [0.4, 0.5) is 0 Å². The van der Waals surface area contributed by atoms with E-state index in [0.29, 0.717) is 31.7 Å². The molecule has 1 aliphatic heterocycles. The smallest absolute Gasteiger partial charge is 0.251 e. The molecule has 128 valence electrons. The molecule has 3 rings (SSSR count). The Labute approximate surface area is 142 Å². The number of rotatable bonds is 5. The molecular formula is C17H21N3O3S. The molecule has 0 unspecified atom stereocenters. The molecule has 1 N–H and O–H groups in total. The second-order valence-electron chi connectivity index (χ2n) is 5.89. The predicted octanol–water partition coefficient (Wildman–Crippen LogP) is 0.938. The van der Waals surface area contributed by atoms with Gasteiger partial charge in [0.25, 0.3) is 5.91 Å². The molecule has 2 heterocycles. The van der Waals surface area contributed by atoms with E-state index in [9.17, 15) is 13.2 Å². The normalized spacial score (nSPS) is 17.5. The second-order valence-corrected chi connectivity index (χ2v) is 8.19. The zero-order valence-electron chi connectivity index (χ0n) is 13.4. The van der Waals surface area contributed by atoms with Gasteiger partial charge in [-0.15, -0.1) is 0 Å². The number of amides is 1. The van der Waals surface area contributed by atoms with Crippen molar-refractivity contribution in [2.45, 2.75) is 0 Å². The number of hydrogen-bond donors (Lipinski definition) is 1. The lowest BCUT2D eigenvalue weighted by Gasteiger charge is -2.26. The van der Waals surface area contributed by atoms with Crippen molar-refractivity contribution in [3.05, 3.63) is 54.4 Å². The Morgan fingerprint density at radius 3 is 2.29 bits per heavy atom. The lowest BCUT2D eigenvalue weighted by Crippen LogP contribution is -2.43. The average Bonchev–Trinajstić information content (AvgIpc) is 3.11. The Kier molecular flexibility index (Phi) is 5.01. The minimum Gasteiger partial charge on any atom is -0.351 e. The summed E-state index contributed by atoms with van der Waals surface area (Å²) in [6, 6.07) is 11.3. The number of aromatic nitrogens is 1. The zero-order valence-corrected chi connectivity index (χ0v) is 14.2. The van der Waals surface area contributed by atoms with E-state index in [0.717, 1.165) is 5.69 Å². The molecule has 0 saturated carbocycles. The minimum absolute atomic E-state index is 0.112. The van der Waals surface area contributed by atoms with Gasteiger partial charge in [-0.05, 0) is 36.4 Å². The van der Waals surface area contributed by atoms with Crippen molar-refractivity contribution >= 4 is 15.7 Å². The molecule has 6 nitrogen and oxygen atoms in total. The van der Waals surface area contributed by atoms with Crippen molar-refractivity contribution in [3.8, 4) is 5.69 Å². The standard InChI is InChI=1S/C17H21N3O3S/c21-17(18-7-10-19-11-13-24(22,23)14-12-19)15-3-5-16(6-4-15)20-8-1-2-9-20/h1-6,8-9H,7,10-14H2,(H,18,21). The van der Waals surface area contributed by atoms with E-state index in [1.165, 1.54) is 0 Å². The highest BCUT2D eigenvalue weighted by atomic mass is 32.2. The summed E-state index contributed by atoms with van der Waals surface area (Å²) in [5, 5.41) is 2.88.